The lowest BCUT2D eigenvalue weighted by atomic mass is 10.1. The highest BCUT2D eigenvalue weighted by Gasteiger charge is 2.17. The quantitative estimate of drug-likeness (QED) is 0.255. The third-order valence-electron chi connectivity index (χ3n) is 5.27. The number of unbranched alkanes of at least 4 members (excludes halogenated alkanes) is 5. The van der Waals surface area contributed by atoms with E-state index in [2.05, 4.69) is 6.92 Å². The highest BCUT2D eigenvalue weighted by Crippen LogP contribution is 2.20. The van der Waals surface area contributed by atoms with E-state index in [1.807, 2.05) is 0 Å². The van der Waals surface area contributed by atoms with Crippen LogP contribution in [0.15, 0.2) is 53.4 Å². The second kappa shape index (κ2) is 14.0. The average molecular weight is 480 g/mol. The second-order valence-corrected chi connectivity index (χ2v) is 9.51. The first-order valence-electron chi connectivity index (χ1n) is 11.4. The summed E-state index contributed by atoms with van der Waals surface area (Å²) >= 11 is 0. The molecule has 33 heavy (non-hydrogen) atoms. The van der Waals surface area contributed by atoms with E-state index in [0.29, 0.717) is 26.1 Å². The fourth-order valence-corrected chi connectivity index (χ4v) is 4.29. The summed E-state index contributed by atoms with van der Waals surface area (Å²) in [6.45, 7) is 3.52. The highest BCUT2D eigenvalue weighted by molar-refractivity contribution is 7.87. The molecule has 0 saturated heterocycles. The van der Waals surface area contributed by atoms with Gasteiger partial charge in [0.25, 0.3) is 0 Å². The molecule has 0 unspecified atom stereocenters. The van der Waals surface area contributed by atoms with Crippen LogP contribution in [0.3, 0.4) is 0 Å². The van der Waals surface area contributed by atoms with Crippen LogP contribution < -0.4 is 4.18 Å². The summed E-state index contributed by atoms with van der Waals surface area (Å²) in [4.78, 5) is 14.4. The van der Waals surface area contributed by atoms with Crippen LogP contribution in [0.2, 0.25) is 0 Å². The van der Waals surface area contributed by atoms with E-state index >= 15 is 0 Å². The molecule has 0 N–H and O–H groups in total. The molecule has 2 rings (SSSR count). The molecule has 8 heteroatoms. The Morgan fingerprint density at radius 1 is 0.939 bits per heavy atom. The maximum atomic E-state index is 13.0. The minimum atomic E-state index is -4.06. The van der Waals surface area contributed by atoms with Gasteiger partial charge in [0.15, 0.2) is 0 Å². The number of rotatable bonds is 15. The Morgan fingerprint density at radius 3 is 2.21 bits per heavy atom. The predicted molar refractivity (Wildman–Crippen MR) is 126 cm³/mol. The van der Waals surface area contributed by atoms with Gasteiger partial charge in [-0.1, -0.05) is 51.2 Å². The summed E-state index contributed by atoms with van der Waals surface area (Å²) in [5.74, 6) is -0.297. The van der Waals surface area contributed by atoms with Crippen LogP contribution in [0.25, 0.3) is 0 Å². The van der Waals surface area contributed by atoms with Crippen molar-refractivity contribution in [3.8, 4) is 5.75 Å². The summed E-state index contributed by atoms with van der Waals surface area (Å²) in [5.41, 5.74) is 0.855. The highest BCUT2D eigenvalue weighted by atomic mass is 32.2. The van der Waals surface area contributed by atoms with Gasteiger partial charge >= 0.3 is 10.1 Å². The van der Waals surface area contributed by atoms with Gasteiger partial charge in [-0.2, -0.15) is 8.42 Å². The number of nitrogens with zero attached hydrogens (tertiary/aromatic N) is 1. The Balaban J connectivity index is 1.94. The molecule has 2 aromatic carbocycles. The second-order valence-electron chi connectivity index (χ2n) is 7.96. The van der Waals surface area contributed by atoms with Crippen molar-refractivity contribution in [3.63, 3.8) is 0 Å². The Labute approximate surface area is 196 Å². The van der Waals surface area contributed by atoms with Crippen LogP contribution >= 0.6 is 0 Å². The normalized spacial score (nSPS) is 11.4. The van der Waals surface area contributed by atoms with Gasteiger partial charge in [-0.3, -0.25) is 4.79 Å². The van der Waals surface area contributed by atoms with Crippen molar-refractivity contribution >= 4 is 16.0 Å². The van der Waals surface area contributed by atoms with Crippen molar-refractivity contribution in [2.24, 2.45) is 0 Å². The van der Waals surface area contributed by atoms with Gasteiger partial charge < -0.3 is 13.8 Å². The molecule has 0 atom stereocenters. The molecule has 0 aromatic heterocycles. The van der Waals surface area contributed by atoms with Gasteiger partial charge in [0.1, 0.15) is 16.5 Å². The van der Waals surface area contributed by atoms with Crippen molar-refractivity contribution in [2.75, 3.05) is 20.3 Å². The molecule has 0 fully saturated rings. The maximum absolute atomic E-state index is 13.0. The first kappa shape index (κ1) is 26.8. The smallest absolute Gasteiger partial charge is 0.339 e. The van der Waals surface area contributed by atoms with Crippen molar-refractivity contribution < 1.29 is 26.5 Å². The number of hydrogen-bond acceptors (Lipinski definition) is 5. The van der Waals surface area contributed by atoms with Gasteiger partial charge in [-0.05, 0) is 48.4 Å². The van der Waals surface area contributed by atoms with Gasteiger partial charge in [0, 0.05) is 26.6 Å². The lowest BCUT2D eigenvalue weighted by molar-refractivity contribution is -0.132. The third-order valence-corrected chi connectivity index (χ3v) is 6.53. The number of carbonyl (C=O) groups is 1. The summed E-state index contributed by atoms with van der Waals surface area (Å²) in [7, 11) is -2.46. The van der Waals surface area contributed by atoms with Gasteiger partial charge in [-0.15, -0.1) is 0 Å². The van der Waals surface area contributed by atoms with Crippen LogP contribution in [0.1, 0.15) is 57.4 Å². The zero-order valence-electron chi connectivity index (χ0n) is 19.5. The Kier molecular flexibility index (Phi) is 11.3. The average Bonchev–Trinajstić information content (AvgIpc) is 2.80. The fourth-order valence-electron chi connectivity index (χ4n) is 3.35. The number of benzene rings is 2. The summed E-state index contributed by atoms with van der Waals surface area (Å²) < 4.78 is 48.0. The number of ether oxygens (including phenoxy) is 1. The first-order chi connectivity index (χ1) is 15.9. The Bertz CT molecular complexity index is 946. The van der Waals surface area contributed by atoms with E-state index in [0.717, 1.165) is 49.1 Å². The SMILES string of the molecule is CCCCCCCCC(=O)N(CCOC)Cc1ccc(OS(=O)(=O)c2ccc(F)cc2)cc1. The molecule has 0 bridgehead atoms. The molecular weight excluding hydrogens is 445 g/mol. The number of carbonyl (C=O) groups excluding carboxylic acids is 1. The molecule has 0 saturated carbocycles. The van der Waals surface area contributed by atoms with E-state index in [9.17, 15) is 17.6 Å². The lowest BCUT2D eigenvalue weighted by Crippen LogP contribution is -2.33. The molecule has 1 amide bonds. The van der Waals surface area contributed by atoms with E-state index in [1.165, 1.54) is 19.3 Å². The first-order valence-corrected chi connectivity index (χ1v) is 12.8. The summed E-state index contributed by atoms with van der Waals surface area (Å²) in [6, 6.07) is 11.0. The van der Waals surface area contributed by atoms with Crippen LogP contribution in [0, 0.1) is 5.82 Å². The van der Waals surface area contributed by atoms with Crippen LogP contribution in [0.5, 0.6) is 5.75 Å². The number of hydrogen-bond donors (Lipinski definition) is 0. The van der Waals surface area contributed by atoms with Gasteiger partial charge in [0.05, 0.1) is 6.61 Å². The summed E-state index contributed by atoms with van der Waals surface area (Å²) in [6.07, 6.45) is 7.24. The minimum Gasteiger partial charge on any atom is -0.383 e. The van der Waals surface area contributed by atoms with Crippen LogP contribution in [0.4, 0.5) is 4.39 Å². The molecule has 0 spiro atoms. The van der Waals surface area contributed by atoms with E-state index < -0.39 is 15.9 Å². The number of halogens is 1. The molecule has 0 aliphatic rings. The third kappa shape index (κ3) is 9.52. The maximum Gasteiger partial charge on any atom is 0.339 e. The van der Waals surface area contributed by atoms with Crippen molar-refractivity contribution in [1.82, 2.24) is 4.90 Å². The Hall–Kier alpha value is -2.45. The van der Waals surface area contributed by atoms with Crippen molar-refractivity contribution in [1.29, 1.82) is 0 Å². The van der Waals surface area contributed by atoms with E-state index in [1.54, 1.807) is 36.3 Å². The zero-order valence-corrected chi connectivity index (χ0v) is 20.3. The molecule has 0 radical (unpaired) electrons. The lowest BCUT2D eigenvalue weighted by Gasteiger charge is -2.23. The number of amides is 1. The van der Waals surface area contributed by atoms with Crippen molar-refractivity contribution in [2.45, 2.75) is 63.3 Å². The molecular formula is C25H34FNO5S. The zero-order chi connectivity index (χ0) is 24.1. The van der Waals surface area contributed by atoms with Gasteiger partial charge in [0.2, 0.25) is 5.91 Å². The topological polar surface area (TPSA) is 72.9 Å². The standard InChI is InChI=1S/C25H34FNO5S/c1-3-4-5-6-7-8-9-25(28)27(18-19-31-2)20-21-10-14-23(15-11-21)32-33(29,30)24-16-12-22(26)13-17-24/h10-17H,3-9,18-20H2,1-2H3. The largest absolute Gasteiger partial charge is 0.383 e. The Morgan fingerprint density at radius 2 is 1.58 bits per heavy atom. The minimum absolute atomic E-state index is 0.0850. The van der Waals surface area contributed by atoms with E-state index in [4.69, 9.17) is 8.92 Å². The molecule has 2 aromatic rings. The molecule has 0 aliphatic carbocycles. The molecule has 6 nitrogen and oxygen atoms in total. The number of methoxy groups -OCH3 is 1. The van der Waals surface area contributed by atoms with Crippen LogP contribution in [-0.4, -0.2) is 39.5 Å². The molecule has 182 valence electrons. The summed E-state index contributed by atoms with van der Waals surface area (Å²) in [5, 5.41) is 0. The fraction of sp³-hybridized carbons (Fsp3) is 0.480. The predicted octanol–water partition coefficient (Wildman–Crippen LogP) is 5.32. The molecule has 0 heterocycles. The molecule has 0 aliphatic heterocycles. The van der Waals surface area contributed by atoms with Crippen LogP contribution in [-0.2, 0) is 26.2 Å². The van der Waals surface area contributed by atoms with Gasteiger partial charge in [-0.25, -0.2) is 4.39 Å². The monoisotopic (exact) mass is 479 g/mol. The van der Waals surface area contributed by atoms with Crippen molar-refractivity contribution in [3.05, 3.63) is 59.9 Å². The van der Waals surface area contributed by atoms with E-state index in [-0.39, 0.29) is 16.6 Å².